The predicted molar refractivity (Wildman–Crippen MR) is 74.6 cm³/mol. The van der Waals surface area contributed by atoms with Crippen LogP contribution in [0.1, 0.15) is 25.8 Å². The van der Waals surface area contributed by atoms with Crippen molar-refractivity contribution in [3.8, 4) is 0 Å². The van der Waals surface area contributed by atoms with E-state index in [1.807, 2.05) is 42.2 Å². The Hall–Kier alpha value is -1.39. The molecule has 0 saturated carbocycles. The van der Waals surface area contributed by atoms with Crippen LogP contribution in [0.25, 0.3) is 0 Å². The summed E-state index contributed by atoms with van der Waals surface area (Å²) in [6.07, 6.45) is 0.930. The van der Waals surface area contributed by atoms with Crippen LogP contribution in [-0.4, -0.2) is 36.6 Å². The molecular weight excluding hydrogens is 240 g/mol. The molecule has 1 saturated heterocycles. The Balaban J connectivity index is 2.17. The molecule has 0 bridgehead atoms. The molecule has 0 radical (unpaired) electrons. The van der Waals surface area contributed by atoms with Crippen LogP contribution in [0.3, 0.4) is 0 Å². The van der Waals surface area contributed by atoms with E-state index in [4.69, 9.17) is 10.5 Å². The van der Waals surface area contributed by atoms with E-state index in [1.54, 1.807) is 6.92 Å². The van der Waals surface area contributed by atoms with Crippen LogP contribution >= 0.6 is 0 Å². The maximum Gasteiger partial charge on any atom is 0.247 e. The second-order valence-corrected chi connectivity index (χ2v) is 5.35. The van der Waals surface area contributed by atoms with Gasteiger partial charge in [-0.05, 0) is 25.8 Å². The third kappa shape index (κ3) is 3.14. The largest absolute Gasteiger partial charge is 0.377 e. The van der Waals surface area contributed by atoms with Gasteiger partial charge in [-0.25, -0.2) is 0 Å². The maximum absolute atomic E-state index is 12.7. The number of rotatable bonds is 2. The third-order valence-corrected chi connectivity index (χ3v) is 3.56. The summed E-state index contributed by atoms with van der Waals surface area (Å²) >= 11 is 0. The Morgan fingerprint density at radius 1 is 1.42 bits per heavy atom. The number of carbonyl (C=O) groups excluding carboxylic acids is 1. The van der Waals surface area contributed by atoms with Crippen LogP contribution in [0, 0.1) is 0 Å². The fourth-order valence-corrected chi connectivity index (χ4v) is 2.42. The molecule has 1 fully saturated rings. The Labute approximate surface area is 114 Å². The first-order valence-corrected chi connectivity index (χ1v) is 6.77. The molecule has 1 heterocycles. The molecule has 2 N–H and O–H groups in total. The van der Waals surface area contributed by atoms with E-state index in [1.165, 1.54) is 0 Å². The van der Waals surface area contributed by atoms with Crippen LogP contribution in [0.2, 0.25) is 0 Å². The molecule has 4 heteroatoms. The third-order valence-electron chi connectivity index (χ3n) is 3.56. The number of benzene rings is 1. The molecule has 2 unspecified atom stereocenters. The normalized spacial score (nSPS) is 23.5. The summed E-state index contributed by atoms with van der Waals surface area (Å²) in [6, 6.07) is 9.53. The molecule has 0 spiro atoms. The van der Waals surface area contributed by atoms with Crippen LogP contribution in [-0.2, 0) is 15.1 Å². The highest BCUT2D eigenvalue weighted by atomic mass is 16.5. The van der Waals surface area contributed by atoms with Gasteiger partial charge in [-0.15, -0.1) is 0 Å². The molecule has 1 amide bonds. The number of hydrogen-bond donors (Lipinski definition) is 1. The second kappa shape index (κ2) is 5.72. The summed E-state index contributed by atoms with van der Waals surface area (Å²) < 4.78 is 5.57. The summed E-state index contributed by atoms with van der Waals surface area (Å²) in [5.41, 5.74) is 6.14. The molecule has 4 nitrogen and oxygen atoms in total. The van der Waals surface area contributed by atoms with Crippen LogP contribution in [0.5, 0.6) is 0 Å². The lowest BCUT2D eigenvalue weighted by Crippen LogP contribution is -2.52. The summed E-state index contributed by atoms with van der Waals surface area (Å²) in [7, 11) is 0. The number of nitrogens with zero attached hydrogens (tertiary/aromatic N) is 1. The molecular formula is C15H22N2O2. The first-order chi connectivity index (χ1) is 9.01. The highest BCUT2D eigenvalue weighted by Gasteiger charge is 2.35. The lowest BCUT2D eigenvalue weighted by molar-refractivity contribution is -0.137. The van der Waals surface area contributed by atoms with E-state index >= 15 is 0 Å². The van der Waals surface area contributed by atoms with Gasteiger partial charge in [-0.2, -0.15) is 0 Å². The van der Waals surface area contributed by atoms with Gasteiger partial charge in [0.25, 0.3) is 0 Å². The molecule has 2 atom stereocenters. The van der Waals surface area contributed by atoms with Crippen molar-refractivity contribution < 1.29 is 9.53 Å². The summed E-state index contributed by atoms with van der Waals surface area (Å²) in [5.74, 6) is -0.0314. The lowest BCUT2D eigenvalue weighted by Gasteiger charge is -2.32. The molecule has 19 heavy (non-hydrogen) atoms. The molecule has 1 aromatic rings. The van der Waals surface area contributed by atoms with E-state index in [-0.39, 0.29) is 12.0 Å². The van der Waals surface area contributed by atoms with Crippen molar-refractivity contribution in [2.75, 3.05) is 19.7 Å². The van der Waals surface area contributed by atoms with Crippen molar-refractivity contribution in [3.05, 3.63) is 35.9 Å². The Bertz CT molecular complexity index is 431. The number of nitrogens with two attached hydrogens (primary N) is 1. The van der Waals surface area contributed by atoms with E-state index in [2.05, 4.69) is 0 Å². The van der Waals surface area contributed by atoms with Crippen molar-refractivity contribution >= 4 is 5.91 Å². The number of carbonyl (C=O) groups is 1. The minimum absolute atomic E-state index is 0.0314. The van der Waals surface area contributed by atoms with Crippen molar-refractivity contribution in [2.24, 2.45) is 5.73 Å². The fourth-order valence-electron chi connectivity index (χ4n) is 2.42. The van der Waals surface area contributed by atoms with Gasteiger partial charge in [0.1, 0.15) is 5.54 Å². The maximum atomic E-state index is 12.7. The van der Waals surface area contributed by atoms with Crippen LogP contribution in [0.15, 0.2) is 30.3 Å². The highest BCUT2D eigenvalue weighted by Crippen LogP contribution is 2.21. The van der Waals surface area contributed by atoms with Gasteiger partial charge in [-0.1, -0.05) is 30.3 Å². The van der Waals surface area contributed by atoms with Crippen LogP contribution < -0.4 is 5.73 Å². The van der Waals surface area contributed by atoms with Gasteiger partial charge in [0, 0.05) is 19.7 Å². The quantitative estimate of drug-likeness (QED) is 0.878. The molecule has 1 aliphatic rings. The molecule has 0 aromatic heterocycles. The van der Waals surface area contributed by atoms with E-state index in [9.17, 15) is 4.79 Å². The topological polar surface area (TPSA) is 55.6 Å². The van der Waals surface area contributed by atoms with Crippen molar-refractivity contribution in [1.29, 1.82) is 0 Å². The van der Waals surface area contributed by atoms with Gasteiger partial charge in [-0.3, -0.25) is 4.79 Å². The van der Waals surface area contributed by atoms with Crippen molar-refractivity contribution in [1.82, 2.24) is 4.90 Å². The second-order valence-electron chi connectivity index (χ2n) is 5.35. The fraction of sp³-hybridized carbons (Fsp3) is 0.533. The smallest absolute Gasteiger partial charge is 0.247 e. The van der Waals surface area contributed by atoms with E-state index in [0.717, 1.165) is 12.0 Å². The minimum Gasteiger partial charge on any atom is -0.377 e. The Morgan fingerprint density at radius 3 is 2.79 bits per heavy atom. The van der Waals surface area contributed by atoms with E-state index in [0.29, 0.717) is 19.7 Å². The van der Waals surface area contributed by atoms with Crippen molar-refractivity contribution in [2.45, 2.75) is 31.9 Å². The van der Waals surface area contributed by atoms with Gasteiger partial charge < -0.3 is 15.4 Å². The monoisotopic (exact) mass is 262 g/mol. The van der Waals surface area contributed by atoms with Crippen molar-refractivity contribution in [3.63, 3.8) is 0 Å². The number of amides is 1. The minimum atomic E-state index is -0.981. The molecule has 2 rings (SSSR count). The molecule has 104 valence electrons. The Kier molecular flexibility index (Phi) is 4.22. The lowest BCUT2D eigenvalue weighted by atomic mass is 9.91. The Morgan fingerprint density at radius 2 is 2.11 bits per heavy atom. The average molecular weight is 262 g/mol. The predicted octanol–water partition coefficient (Wildman–Crippen LogP) is 1.50. The molecule has 1 aromatic carbocycles. The zero-order chi connectivity index (χ0) is 13.9. The molecule has 0 aliphatic carbocycles. The first kappa shape index (κ1) is 14.0. The average Bonchev–Trinajstić information content (AvgIpc) is 2.63. The van der Waals surface area contributed by atoms with Gasteiger partial charge in [0.15, 0.2) is 0 Å². The van der Waals surface area contributed by atoms with Gasteiger partial charge in [0.2, 0.25) is 5.91 Å². The standard InChI is InChI=1S/C15H22N2O2/c1-12-11-17(9-6-10-19-12)14(18)15(2,16)13-7-4-3-5-8-13/h3-5,7-8,12H,6,9-11,16H2,1-2H3. The summed E-state index contributed by atoms with van der Waals surface area (Å²) in [5, 5.41) is 0. The number of hydrogen-bond acceptors (Lipinski definition) is 3. The SMILES string of the molecule is CC1CN(C(=O)C(C)(N)c2ccccc2)CCCO1. The highest BCUT2D eigenvalue weighted by molar-refractivity contribution is 5.87. The zero-order valence-corrected chi connectivity index (χ0v) is 11.6. The zero-order valence-electron chi connectivity index (χ0n) is 11.6. The number of ether oxygens (including phenoxy) is 1. The van der Waals surface area contributed by atoms with E-state index < -0.39 is 5.54 Å². The van der Waals surface area contributed by atoms with Gasteiger partial charge >= 0.3 is 0 Å². The molecule has 1 aliphatic heterocycles. The van der Waals surface area contributed by atoms with Gasteiger partial charge in [0.05, 0.1) is 6.10 Å². The first-order valence-electron chi connectivity index (χ1n) is 6.77. The summed E-state index contributed by atoms with van der Waals surface area (Å²) in [4.78, 5) is 14.5. The summed E-state index contributed by atoms with van der Waals surface area (Å²) in [6.45, 7) is 5.79. The van der Waals surface area contributed by atoms with Crippen LogP contribution in [0.4, 0.5) is 0 Å².